The van der Waals surface area contributed by atoms with E-state index in [9.17, 15) is 0 Å². The van der Waals surface area contributed by atoms with E-state index in [1.807, 2.05) is 6.20 Å². The number of hydrogen-bond donors (Lipinski definition) is 1. The third-order valence-corrected chi connectivity index (χ3v) is 3.26. The Hall–Kier alpha value is -1.24. The number of benzene rings is 1. The molecule has 2 rings (SSSR count). The molecule has 18 heavy (non-hydrogen) atoms. The molecule has 1 aromatic carbocycles. The first-order valence-electron chi connectivity index (χ1n) is 6.77. The highest BCUT2D eigenvalue weighted by molar-refractivity contribution is 5.84. The Morgan fingerprint density at radius 1 is 1.00 bits per heavy atom. The molecule has 0 radical (unpaired) electrons. The molecule has 98 valence electrons. The average Bonchev–Trinajstić information content (AvgIpc) is 2.59. The molecule has 1 nitrogen and oxygen atoms in total. The van der Waals surface area contributed by atoms with Gasteiger partial charge in [-0.3, -0.25) is 0 Å². The van der Waals surface area contributed by atoms with Gasteiger partial charge in [-0.1, -0.05) is 47.6 Å². The van der Waals surface area contributed by atoms with E-state index in [4.69, 9.17) is 0 Å². The van der Waals surface area contributed by atoms with Crippen LogP contribution in [-0.4, -0.2) is 4.98 Å². The predicted octanol–water partition coefficient (Wildman–Crippen LogP) is 5.05. The number of hydrogen-bond acceptors (Lipinski definition) is 0. The fraction of sp³-hybridized carbons (Fsp3) is 0.529. The largest absolute Gasteiger partial charge is 0.361 e. The standard InChI is InChI=1S/C17H25N/c1-16(2,3)11-12-9-13-7-8-18-15(13)14(10-12)17(4,5)6/h7-10,18H,11H2,1-6H3. The van der Waals surface area contributed by atoms with Gasteiger partial charge in [0.1, 0.15) is 0 Å². The highest BCUT2D eigenvalue weighted by Crippen LogP contribution is 2.32. The highest BCUT2D eigenvalue weighted by Gasteiger charge is 2.20. The molecule has 1 heterocycles. The van der Waals surface area contributed by atoms with Crippen molar-refractivity contribution in [3.63, 3.8) is 0 Å². The van der Waals surface area contributed by atoms with Gasteiger partial charge < -0.3 is 4.98 Å². The van der Waals surface area contributed by atoms with Crippen molar-refractivity contribution in [3.8, 4) is 0 Å². The molecular formula is C17H25N. The summed E-state index contributed by atoms with van der Waals surface area (Å²) in [6.45, 7) is 13.7. The molecule has 0 spiro atoms. The van der Waals surface area contributed by atoms with Crippen LogP contribution in [0.2, 0.25) is 0 Å². The summed E-state index contributed by atoms with van der Waals surface area (Å²) in [5.74, 6) is 0. The smallest absolute Gasteiger partial charge is 0.0492 e. The molecule has 1 N–H and O–H groups in total. The second-order valence-electron chi connectivity index (χ2n) is 7.57. The number of aromatic amines is 1. The van der Waals surface area contributed by atoms with E-state index >= 15 is 0 Å². The lowest BCUT2D eigenvalue weighted by Gasteiger charge is -2.24. The fourth-order valence-electron chi connectivity index (χ4n) is 2.54. The summed E-state index contributed by atoms with van der Waals surface area (Å²) >= 11 is 0. The molecule has 0 aliphatic rings. The van der Waals surface area contributed by atoms with Crippen molar-refractivity contribution in [2.45, 2.75) is 53.4 Å². The third-order valence-electron chi connectivity index (χ3n) is 3.26. The molecule has 0 aliphatic heterocycles. The van der Waals surface area contributed by atoms with E-state index in [-0.39, 0.29) is 5.41 Å². The molecule has 1 aromatic heterocycles. The number of H-pyrrole nitrogens is 1. The Morgan fingerprint density at radius 2 is 1.67 bits per heavy atom. The van der Waals surface area contributed by atoms with Crippen LogP contribution in [0.5, 0.6) is 0 Å². The molecule has 0 unspecified atom stereocenters. The number of nitrogens with one attached hydrogen (secondary N) is 1. The molecule has 0 bridgehead atoms. The lowest BCUT2D eigenvalue weighted by molar-refractivity contribution is 0.411. The Bertz CT molecular complexity index is 547. The molecule has 2 aromatic rings. The second kappa shape index (κ2) is 4.15. The van der Waals surface area contributed by atoms with E-state index in [0.717, 1.165) is 6.42 Å². The van der Waals surface area contributed by atoms with E-state index in [0.29, 0.717) is 5.41 Å². The van der Waals surface area contributed by atoms with Gasteiger partial charge in [0.15, 0.2) is 0 Å². The van der Waals surface area contributed by atoms with E-state index in [1.165, 1.54) is 22.0 Å². The molecule has 0 amide bonds. The normalized spacial score (nSPS) is 13.2. The highest BCUT2D eigenvalue weighted by atomic mass is 14.7. The Morgan fingerprint density at radius 3 is 2.22 bits per heavy atom. The van der Waals surface area contributed by atoms with Crippen molar-refractivity contribution in [1.82, 2.24) is 4.98 Å². The molecule has 0 atom stereocenters. The summed E-state index contributed by atoms with van der Waals surface area (Å²) in [6, 6.07) is 6.88. The monoisotopic (exact) mass is 243 g/mol. The minimum atomic E-state index is 0.178. The zero-order valence-electron chi connectivity index (χ0n) is 12.5. The molecule has 0 fully saturated rings. The van der Waals surface area contributed by atoms with Gasteiger partial charge in [-0.15, -0.1) is 0 Å². The van der Waals surface area contributed by atoms with Gasteiger partial charge in [-0.2, -0.15) is 0 Å². The fourth-order valence-corrected chi connectivity index (χ4v) is 2.54. The maximum absolute atomic E-state index is 3.38. The van der Waals surface area contributed by atoms with Crippen LogP contribution < -0.4 is 0 Å². The zero-order valence-corrected chi connectivity index (χ0v) is 12.5. The lowest BCUT2D eigenvalue weighted by atomic mass is 9.81. The van der Waals surface area contributed by atoms with Gasteiger partial charge in [-0.25, -0.2) is 0 Å². The zero-order chi connectivity index (χ0) is 13.6. The van der Waals surface area contributed by atoms with Crippen molar-refractivity contribution in [3.05, 3.63) is 35.5 Å². The second-order valence-corrected chi connectivity index (χ2v) is 7.57. The van der Waals surface area contributed by atoms with Crippen LogP contribution in [0.25, 0.3) is 10.9 Å². The Labute approximate surface area is 111 Å². The average molecular weight is 243 g/mol. The topological polar surface area (TPSA) is 15.8 Å². The maximum Gasteiger partial charge on any atom is 0.0492 e. The summed E-state index contributed by atoms with van der Waals surface area (Å²) in [4.78, 5) is 3.38. The van der Waals surface area contributed by atoms with Gasteiger partial charge >= 0.3 is 0 Å². The van der Waals surface area contributed by atoms with Crippen LogP contribution in [0.15, 0.2) is 24.4 Å². The van der Waals surface area contributed by atoms with Crippen LogP contribution in [0, 0.1) is 5.41 Å². The molecular weight excluding hydrogens is 218 g/mol. The first-order valence-corrected chi connectivity index (χ1v) is 6.77. The first-order chi connectivity index (χ1) is 8.17. The molecule has 1 heteroatoms. The number of aromatic nitrogens is 1. The van der Waals surface area contributed by atoms with Crippen molar-refractivity contribution < 1.29 is 0 Å². The van der Waals surface area contributed by atoms with Crippen LogP contribution in [0.1, 0.15) is 52.7 Å². The van der Waals surface area contributed by atoms with E-state index < -0.39 is 0 Å². The van der Waals surface area contributed by atoms with Crippen LogP contribution in [-0.2, 0) is 11.8 Å². The number of fused-ring (bicyclic) bond motifs is 1. The summed E-state index contributed by atoms with van der Waals surface area (Å²) in [7, 11) is 0. The first kappa shape index (κ1) is 13.2. The van der Waals surface area contributed by atoms with Crippen molar-refractivity contribution in [2.75, 3.05) is 0 Å². The van der Waals surface area contributed by atoms with Crippen molar-refractivity contribution >= 4 is 10.9 Å². The van der Waals surface area contributed by atoms with Gasteiger partial charge in [0.2, 0.25) is 0 Å². The summed E-state index contributed by atoms with van der Waals surface area (Å²) in [5.41, 5.74) is 4.67. The summed E-state index contributed by atoms with van der Waals surface area (Å²) < 4.78 is 0. The van der Waals surface area contributed by atoms with Crippen molar-refractivity contribution in [2.24, 2.45) is 5.41 Å². The minimum absolute atomic E-state index is 0.178. The maximum atomic E-state index is 3.38. The summed E-state index contributed by atoms with van der Waals surface area (Å²) in [6.07, 6.45) is 3.16. The lowest BCUT2D eigenvalue weighted by Crippen LogP contribution is -2.14. The van der Waals surface area contributed by atoms with Gasteiger partial charge in [0.05, 0.1) is 0 Å². The van der Waals surface area contributed by atoms with Gasteiger partial charge in [0.25, 0.3) is 0 Å². The summed E-state index contributed by atoms with van der Waals surface area (Å²) in [5, 5.41) is 1.33. The third kappa shape index (κ3) is 2.77. The predicted molar refractivity (Wildman–Crippen MR) is 80.2 cm³/mol. The molecule has 0 saturated carbocycles. The van der Waals surface area contributed by atoms with Gasteiger partial charge in [0, 0.05) is 11.7 Å². The van der Waals surface area contributed by atoms with Crippen LogP contribution in [0.3, 0.4) is 0 Å². The SMILES string of the molecule is CC(C)(C)Cc1cc(C(C)(C)C)c2[nH]ccc2c1. The molecule has 0 aliphatic carbocycles. The van der Waals surface area contributed by atoms with E-state index in [1.54, 1.807) is 0 Å². The Kier molecular flexibility index (Phi) is 3.04. The Balaban J connectivity index is 2.58. The van der Waals surface area contributed by atoms with Crippen LogP contribution in [0.4, 0.5) is 0 Å². The number of rotatable bonds is 1. The van der Waals surface area contributed by atoms with Crippen molar-refractivity contribution in [1.29, 1.82) is 0 Å². The molecule has 0 saturated heterocycles. The quantitative estimate of drug-likeness (QED) is 0.721. The van der Waals surface area contributed by atoms with Crippen LogP contribution >= 0.6 is 0 Å². The van der Waals surface area contributed by atoms with Gasteiger partial charge in [-0.05, 0) is 45.9 Å². The minimum Gasteiger partial charge on any atom is -0.361 e. The van der Waals surface area contributed by atoms with E-state index in [2.05, 4.69) is 64.7 Å².